The van der Waals surface area contributed by atoms with Crippen LogP contribution in [0, 0.1) is 0 Å². The molecule has 0 fully saturated rings. The number of amides is 1. The van der Waals surface area contributed by atoms with Gasteiger partial charge in [0.05, 0.1) is 6.42 Å². The molecule has 0 saturated heterocycles. The second-order valence-corrected chi connectivity index (χ2v) is 7.13. The second kappa shape index (κ2) is 7.46. The predicted octanol–water partition coefficient (Wildman–Crippen LogP) is 2.50. The molecule has 2 aromatic rings. The zero-order valence-corrected chi connectivity index (χ0v) is 15.7. The van der Waals surface area contributed by atoms with E-state index >= 15 is 0 Å². The molecule has 0 saturated carbocycles. The lowest BCUT2D eigenvalue weighted by atomic mass is 10.1. The highest BCUT2D eigenvalue weighted by atomic mass is 16.6. The van der Waals surface area contributed by atoms with E-state index in [4.69, 9.17) is 9.47 Å². The van der Waals surface area contributed by atoms with E-state index < -0.39 is 5.97 Å². The first-order valence-corrected chi connectivity index (χ1v) is 9.34. The number of Topliss-reactive ketones (excluding diaryl/α,β-unsaturated/α-hetero) is 1. The molecule has 2 aliphatic rings. The molecule has 6 nitrogen and oxygen atoms in total. The summed E-state index contributed by atoms with van der Waals surface area (Å²) in [4.78, 5) is 37.5. The topological polar surface area (TPSA) is 72.9 Å². The number of rotatable bonds is 6. The van der Waals surface area contributed by atoms with Crippen molar-refractivity contribution in [3.05, 3.63) is 58.7 Å². The highest BCUT2D eigenvalue weighted by molar-refractivity contribution is 6.03. The highest BCUT2D eigenvalue weighted by Gasteiger charge is 2.25. The SMILES string of the molecule is CN1C(=O)Cc2cc(C(=O)COC(=O)COc3ccc4c(c3)CCC4)ccc21. The lowest BCUT2D eigenvalue weighted by Crippen LogP contribution is -2.20. The number of ether oxygens (including phenoxy) is 2. The molecule has 0 bridgehead atoms. The van der Waals surface area contributed by atoms with Crippen molar-refractivity contribution in [2.45, 2.75) is 25.7 Å². The average molecular weight is 379 g/mol. The molecule has 0 aromatic heterocycles. The highest BCUT2D eigenvalue weighted by Crippen LogP contribution is 2.28. The third kappa shape index (κ3) is 3.63. The van der Waals surface area contributed by atoms with Gasteiger partial charge < -0.3 is 14.4 Å². The molecule has 1 aliphatic carbocycles. The molecule has 0 radical (unpaired) electrons. The van der Waals surface area contributed by atoms with Gasteiger partial charge in [0.2, 0.25) is 5.91 Å². The van der Waals surface area contributed by atoms with Crippen LogP contribution in [0.3, 0.4) is 0 Å². The first-order chi connectivity index (χ1) is 13.5. The maximum absolute atomic E-state index is 12.3. The predicted molar refractivity (Wildman–Crippen MR) is 103 cm³/mol. The molecule has 0 atom stereocenters. The average Bonchev–Trinajstić information content (AvgIpc) is 3.28. The standard InChI is InChI=1S/C22H21NO5/c1-23-19-8-6-16(9-17(19)11-21(23)25)20(24)12-28-22(26)13-27-18-7-5-14-3-2-4-15(14)10-18/h5-10H,2-4,11-13H2,1H3. The number of nitrogens with zero attached hydrogens (tertiary/aromatic N) is 1. The van der Waals surface area contributed by atoms with Crippen LogP contribution in [0.5, 0.6) is 5.75 Å². The number of carbonyl (C=O) groups is 3. The third-order valence-corrected chi connectivity index (χ3v) is 5.27. The van der Waals surface area contributed by atoms with Crippen LogP contribution in [-0.4, -0.2) is 37.9 Å². The van der Waals surface area contributed by atoms with E-state index in [-0.39, 0.29) is 31.3 Å². The largest absolute Gasteiger partial charge is 0.482 e. The number of fused-ring (bicyclic) bond motifs is 2. The number of likely N-dealkylation sites (N-methyl/N-ethyl adjacent to an activating group) is 1. The van der Waals surface area contributed by atoms with Crippen LogP contribution < -0.4 is 9.64 Å². The minimum Gasteiger partial charge on any atom is -0.482 e. The Hall–Kier alpha value is -3.15. The molecule has 0 unspecified atom stereocenters. The normalized spacial score (nSPS) is 14.6. The number of benzene rings is 2. The Bertz CT molecular complexity index is 965. The van der Waals surface area contributed by atoms with Crippen LogP contribution in [0.4, 0.5) is 5.69 Å². The second-order valence-electron chi connectivity index (χ2n) is 7.13. The fraction of sp³-hybridized carbons (Fsp3) is 0.318. The van der Waals surface area contributed by atoms with Gasteiger partial charge >= 0.3 is 5.97 Å². The Kier molecular flexibility index (Phi) is 4.86. The Morgan fingerprint density at radius 2 is 1.82 bits per heavy atom. The molecule has 1 amide bonds. The molecule has 2 aromatic carbocycles. The number of esters is 1. The van der Waals surface area contributed by atoms with E-state index in [0.717, 1.165) is 30.5 Å². The lowest BCUT2D eigenvalue weighted by molar-refractivity contribution is -0.144. The van der Waals surface area contributed by atoms with Crippen LogP contribution in [0.25, 0.3) is 0 Å². The maximum Gasteiger partial charge on any atom is 0.344 e. The number of hydrogen-bond acceptors (Lipinski definition) is 5. The number of anilines is 1. The van der Waals surface area contributed by atoms with Crippen molar-refractivity contribution in [2.24, 2.45) is 0 Å². The first-order valence-electron chi connectivity index (χ1n) is 9.34. The quantitative estimate of drug-likeness (QED) is 0.570. The van der Waals surface area contributed by atoms with E-state index in [2.05, 4.69) is 0 Å². The van der Waals surface area contributed by atoms with Gasteiger partial charge in [-0.1, -0.05) is 6.07 Å². The molecule has 1 heterocycles. The zero-order valence-electron chi connectivity index (χ0n) is 15.7. The molecule has 0 spiro atoms. The molecule has 4 rings (SSSR count). The Labute approximate surface area is 163 Å². The summed E-state index contributed by atoms with van der Waals surface area (Å²) in [7, 11) is 1.71. The Morgan fingerprint density at radius 3 is 2.68 bits per heavy atom. The van der Waals surface area contributed by atoms with Gasteiger partial charge in [-0.25, -0.2) is 4.79 Å². The Morgan fingerprint density at radius 1 is 1.00 bits per heavy atom. The van der Waals surface area contributed by atoms with Gasteiger partial charge in [-0.15, -0.1) is 0 Å². The summed E-state index contributed by atoms with van der Waals surface area (Å²) in [6, 6.07) is 10.9. The van der Waals surface area contributed by atoms with E-state index in [9.17, 15) is 14.4 Å². The van der Waals surface area contributed by atoms with Gasteiger partial charge in [-0.3, -0.25) is 9.59 Å². The minimum absolute atomic E-state index is 0.00488. The number of aryl methyl sites for hydroxylation is 2. The molecule has 0 N–H and O–H groups in total. The van der Waals surface area contributed by atoms with Crippen LogP contribution in [0.2, 0.25) is 0 Å². The van der Waals surface area contributed by atoms with Gasteiger partial charge in [0.1, 0.15) is 5.75 Å². The van der Waals surface area contributed by atoms with Gasteiger partial charge in [0.25, 0.3) is 0 Å². The number of carbonyl (C=O) groups excluding carboxylic acids is 3. The van der Waals surface area contributed by atoms with Crippen LogP contribution >= 0.6 is 0 Å². The van der Waals surface area contributed by atoms with Crippen molar-refractivity contribution in [1.82, 2.24) is 0 Å². The van der Waals surface area contributed by atoms with Gasteiger partial charge in [-0.2, -0.15) is 0 Å². The van der Waals surface area contributed by atoms with E-state index in [0.29, 0.717) is 11.3 Å². The molecule has 144 valence electrons. The fourth-order valence-corrected chi connectivity index (χ4v) is 3.69. The van der Waals surface area contributed by atoms with Crippen LogP contribution in [0.1, 0.15) is 33.5 Å². The third-order valence-electron chi connectivity index (χ3n) is 5.27. The summed E-state index contributed by atoms with van der Waals surface area (Å²) in [5.74, 6) is -0.272. The number of hydrogen-bond donors (Lipinski definition) is 0. The lowest BCUT2D eigenvalue weighted by Gasteiger charge is -2.10. The molecule has 28 heavy (non-hydrogen) atoms. The van der Waals surface area contributed by atoms with Crippen molar-refractivity contribution in [3.63, 3.8) is 0 Å². The van der Waals surface area contributed by atoms with E-state index in [1.165, 1.54) is 11.1 Å². The maximum atomic E-state index is 12.3. The van der Waals surface area contributed by atoms with Gasteiger partial charge in [-0.05, 0) is 66.3 Å². The monoisotopic (exact) mass is 379 g/mol. The molecule has 6 heteroatoms. The van der Waals surface area contributed by atoms with Crippen molar-refractivity contribution in [1.29, 1.82) is 0 Å². The van der Waals surface area contributed by atoms with Crippen molar-refractivity contribution in [3.8, 4) is 5.75 Å². The zero-order chi connectivity index (χ0) is 19.7. The van der Waals surface area contributed by atoms with Crippen molar-refractivity contribution < 1.29 is 23.9 Å². The molecule has 1 aliphatic heterocycles. The number of ketones is 1. The minimum atomic E-state index is -0.593. The summed E-state index contributed by atoms with van der Waals surface area (Å²) in [6.07, 6.45) is 3.55. The summed E-state index contributed by atoms with van der Waals surface area (Å²) < 4.78 is 10.5. The van der Waals surface area contributed by atoms with Crippen LogP contribution in [-0.2, 0) is 33.6 Å². The van der Waals surface area contributed by atoms with E-state index in [1.807, 2.05) is 18.2 Å². The summed E-state index contributed by atoms with van der Waals surface area (Å²) in [6.45, 7) is -0.593. The van der Waals surface area contributed by atoms with Crippen molar-refractivity contribution >= 4 is 23.3 Å². The van der Waals surface area contributed by atoms with Gasteiger partial charge in [0.15, 0.2) is 19.0 Å². The molecular formula is C22H21NO5. The first kappa shape index (κ1) is 18.2. The smallest absolute Gasteiger partial charge is 0.344 e. The fourth-order valence-electron chi connectivity index (χ4n) is 3.69. The summed E-state index contributed by atoms with van der Waals surface area (Å²) in [5, 5.41) is 0. The van der Waals surface area contributed by atoms with Crippen LogP contribution in [0.15, 0.2) is 36.4 Å². The van der Waals surface area contributed by atoms with Crippen molar-refractivity contribution in [2.75, 3.05) is 25.2 Å². The summed E-state index contributed by atoms with van der Waals surface area (Å²) >= 11 is 0. The van der Waals surface area contributed by atoms with E-state index in [1.54, 1.807) is 30.1 Å². The summed E-state index contributed by atoms with van der Waals surface area (Å²) in [5.41, 5.74) is 4.64. The van der Waals surface area contributed by atoms with Gasteiger partial charge in [0, 0.05) is 18.3 Å². The Balaban J connectivity index is 1.28. The molecular weight excluding hydrogens is 358 g/mol.